The van der Waals surface area contributed by atoms with Crippen molar-refractivity contribution < 1.29 is 8.42 Å². The average molecular weight is 410 g/mol. The van der Waals surface area contributed by atoms with Gasteiger partial charge in [-0.2, -0.15) is 4.31 Å². The van der Waals surface area contributed by atoms with Crippen molar-refractivity contribution in [3.05, 3.63) is 55.0 Å². The van der Waals surface area contributed by atoms with Gasteiger partial charge in [0.25, 0.3) is 0 Å². The number of nitrogen functional groups attached to an aromatic ring is 1. The fourth-order valence-electron chi connectivity index (χ4n) is 4.32. The highest BCUT2D eigenvalue weighted by Gasteiger charge is 2.35. The Morgan fingerprint density at radius 2 is 1.97 bits per heavy atom. The molecule has 150 valence electrons. The molecule has 7 nitrogen and oxygen atoms in total. The van der Waals surface area contributed by atoms with Crippen LogP contribution in [-0.4, -0.2) is 40.3 Å². The van der Waals surface area contributed by atoms with Gasteiger partial charge in [0, 0.05) is 48.1 Å². The van der Waals surface area contributed by atoms with E-state index < -0.39 is 10.0 Å². The van der Waals surface area contributed by atoms with Crippen molar-refractivity contribution >= 4 is 37.6 Å². The molecule has 1 saturated heterocycles. The van der Waals surface area contributed by atoms with E-state index in [1.54, 1.807) is 28.6 Å². The Bertz CT molecular complexity index is 1290. The van der Waals surface area contributed by atoms with Crippen LogP contribution in [0, 0.1) is 5.92 Å². The number of nitrogens with one attached hydrogen (secondary N) is 1. The number of H-pyrrole nitrogens is 1. The van der Waals surface area contributed by atoms with Crippen LogP contribution in [0.2, 0.25) is 0 Å². The van der Waals surface area contributed by atoms with Gasteiger partial charge in [-0.1, -0.05) is 6.92 Å². The Hall–Kier alpha value is -2.84. The van der Waals surface area contributed by atoms with E-state index in [4.69, 9.17) is 5.73 Å². The fraction of sp³-hybridized carbons (Fsp3) is 0.286. The Balaban J connectivity index is 1.55. The summed E-state index contributed by atoms with van der Waals surface area (Å²) in [5.74, 6) is 0.352. The summed E-state index contributed by atoms with van der Waals surface area (Å²) in [6.45, 7) is 3.15. The van der Waals surface area contributed by atoms with Crippen LogP contribution in [0.15, 0.2) is 59.9 Å². The number of nitrogens with zero attached hydrogens (tertiary/aromatic N) is 3. The van der Waals surface area contributed by atoms with Crippen molar-refractivity contribution in [3.8, 4) is 0 Å². The molecule has 29 heavy (non-hydrogen) atoms. The van der Waals surface area contributed by atoms with Gasteiger partial charge in [-0.05, 0) is 48.7 Å². The van der Waals surface area contributed by atoms with Crippen LogP contribution < -0.4 is 5.73 Å². The van der Waals surface area contributed by atoms with Gasteiger partial charge in [0.15, 0.2) is 0 Å². The van der Waals surface area contributed by atoms with Gasteiger partial charge >= 0.3 is 0 Å². The molecule has 1 aliphatic rings. The zero-order valence-corrected chi connectivity index (χ0v) is 16.9. The summed E-state index contributed by atoms with van der Waals surface area (Å²) in [4.78, 5) is 7.91. The molecule has 3 aromatic heterocycles. The number of aromatic nitrogens is 3. The number of nitrogens with two attached hydrogens (primary N) is 1. The number of piperidine rings is 1. The minimum absolute atomic E-state index is 0.0466. The molecule has 4 heterocycles. The second kappa shape index (κ2) is 6.60. The lowest BCUT2D eigenvalue weighted by Crippen LogP contribution is -2.43. The normalized spacial score (nSPS) is 21.1. The van der Waals surface area contributed by atoms with Crippen molar-refractivity contribution in [2.24, 2.45) is 5.92 Å². The van der Waals surface area contributed by atoms with Crippen molar-refractivity contribution in [2.45, 2.75) is 24.3 Å². The lowest BCUT2D eigenvalue weighted by atomic mass is 9.94. The van der Waals surface area contributed by atoms with E-state index in [2.05, 4.69) is 33.7 Å². The lowest BCUT2D eigenvalue weighted by molar-refractivity contribution is 0.205. The van der Waals surface area contributed by atoms with E-state index in [0.29, 0.717) is 24.7 Å². The zero-order valence-electron chi connectivity index (χ0n) is 16.1. The van der Waals surface area contributed by atoms with Gasteiger partial charge in [0.05, 0.1) is 16.5 Å². The Labute approximate surface area is 169 Å². The van der Waals surface area contributed by atoms with Crippen LogP contribution in [0.5, 0.6) is 0 Å². The first kappa shape index (κ1) is 18.2. The third kappa shape index (κ3) is 2.90. The van der Waals surface area contributed by atoms with E-state index in [1.807, 2.05) is 18.5 Å². The van der Waals surface area contributed by atoms with Crippen LogP contribution in [-0.2, 0) is 10.0 Å². The molecule has 2 atom stereocenters. The van der Waals surface area contributed by atoms with E-state index in [9.17, 15) is 8.42 Å². The van der Waals surface area contributed by atoms with Crippen LogP contribution in [0.1, 0.15) is 19.4 Å². The molecule has 1 aromatic carbocycles. The standard InChI is InChI=1S/C21H23N5O2S/c1-14-7-10-25(29(27,28)17-4-2-16(22)3-5-17)13-19(14)26-11-8-15-12-24-21-18(20(15)26)6-9-23-21/h2-6,8-9,11-12,14,19H,7,10,13,22H2,1H3,(H,23,24)/t14-,19+/m1/s1. The molecule has 0 saturated carbocycles. The zero-order chi connectivity index (χ0) is 20.2. The largest absolute Gasteiger partial charge is 0.399 e. The highest BCUT2D eigenvalue weighted by atomic mass is 32.2. The maximum absolute atomic E-state index is 13.2. The highest BCUT2D eigenvalue weighted by Crippen LogP contribution is 2.35. The predicted molar refractivity (Wildman–Crippen MR) is 114 cm³/mol. The number of aromatic amines is 1. The van der Waals surface area contributed by atoms with Gasteiger partial charge in [-0.3, -0.25) is 0 Å². The Morgan fingerprint density at radius 3 is 2.76 bits per heavy atom. The summed E-state index contributed by atoms with van der Waals surface area (Å²) < 4.78 is 30.3. The van der Waals surface area contributed by atoms with Crippen molar-refractivity contribution in [1.29, 1.82) is 0 Å². The molecule has 0 bridgehead atoms. The highest BCUT2D eigenvalue weighted by molar-refractivity contribution is 7.89. The molecule has 3 N–H and O–H groups in total. The number of fused-ring (bicyclic) bond motifs is 3. The molecule has 0 spiro atoms. The Morgan fingerprint density at radius 1 is 1.17 bits per heavy atom. The fourth-order valence-corrected chi connectivity index (χ4v) is 5.79. The third-order valence-electron chi connectivity index (χ3n) is 6.02. The van der Waals surface area contributed by atoms with Gasteiger partial charge in [-0.15, -0.1) is 0 Å². The number of sulfonamides is 1. The van der Waals surface area contributed by atoms with Crippen molar-refractivity contribution in [3.63, 3.8) is 0 Å². The van der Waals surface area contributed by atoms with Gasteiger partial charge in [-0.25, -0.2) is 13.4 Å². The maximum Gasteiger partial charge on any atom is 0.243 e. The maximum atomic E-state index is 13.2. The lowest BCUT2D eigenvalue weighted by Gasteiger charge is -2.37. The average Bonchev–Trinajstić information content (AvgIpc) is 3.35. The number of anilines is 1. The van der Waals surface area contributed by atoms with Crippen molar-refractivity contribution in [2.75, 3.05) is 18.8 Å². The monoisotopic (exact) mass is 409 g/mol. The van der Waals surface area contributed by atoms with Crippen LogP contribution >= 0.6 is 0 Å². The molecule has 1 aliphatic heterocycles. The van der Waals surface area contributed by atoms with E-state index in [1.165, 1.54) is 0 Å². The van der Waals surface area contributed by atoms with E-state index in [-0.39, 0.29) is 10.9 Å². The number of pyridine rings is 1. The molecule has 0 unspecified atom stereocenters. The van der Waals surface area contributed by atoms with Gasteiger partial charge < -0.3 is 15.3 Å². The Kier molecular flexibility index (Phi) is 4.15. The van der Waals surface area contributed by atoms with Crippen molar-refractivity contribution in [1.82, 2.24) is 18.8 Å². The molecule has 0 amide bonds. The second-order valence-corrected chi connectivity index (χ2v) is 9.73. The van der Waals surface area contributed by atoms with Crippen LogP contribution in [0.4, 0.5) is 5.69 Å². The molecule has 4 aromatic rings. The summed E-state index contributed by atoms with van der Waals surface area (Å²) >= 11 is 0. The van der Waals surface area contributed by atoms with Crippen LogP contribution in [0.3, 0.4) is 0 Å². The van der Waals surface area contributed by atoms with Gasteiger partial charge in [0.2, 0.25) is 10.0 Å². The van der Waals surface area contributed by atoms with Crippen LogP contribution in [0.25, 0.3) is 21.9 Å². The summed E-state index contributed by atoms with van der Waals surface area (Å²) in [6.07, 6.45) is 6.61. The van der Waals surface area contributed by atoms with Gasteiger partial charge in [0.1, 0.15) is 5.65 Å². The molecule has 8 heteroatoms. The smallest absolute Gasteiger partial charge is 0.243 e. The molecular weight excluding hydrogens is 386 g/mol. The SMILES string of the molecule is C[C@@H]1CCN(S(=O)(=O)c2ccc(N)cc2)C[C@@H]1n1ccc2cnc3[nH]ccc3c21. The third-order valence-corrected chi connectivity index (χ3v) is 7.90. The summed E-state index contributed by atoms with van der Waals surface area (Å²) in [6, 6.07) is 10.5. The summed E-state index contributed by atoms with van der Waals surface area (Å²) in [7, 11) is -3.57. The second-order valence-electron chi connectivity index (χ2n) is 7.79. The first-order valence-electron chi connectivity index (χ1n) is 9.73. The first-order valence-corrected chi connectivity index (χ1v) is 11.2. The molecular formula is C21H23N5O2S. The quantitative estimate of drug-likeness (QED) is 0.507. The molecule has 0 aliphatic carbocycles. The molecule has 0 radical (unpaired) electrons. The number of hydrogen-bond donors (Lipinski definition) is 2. The van der Waals surface area contributed by atoms with E-state index in [0.717, 1.165) is 28.4 Å². The van der Waals surface area contributed by atoms with E-state index >= 15 is 0 Å². The predicted octanol–water partition coefficient (Wildman–Crippen LogP) is 3.37. The summed E-state index contributed by atoms with van der Waals surface area (Å²) in [5, 5.41) is 2.11. The minimum Gasteiger partial charge on any atom is -0.399 e. The first-order chi connectivity index (χ1) is 13.9. The number of benzene rings is 1. The topological polar surface area (TPSA) is 97.0 Å². The molecule has 5 rings (SSSR count). The number of hydrogen-bond acceptors (Lipinski definition) is 4. The summed E-state index contributed by atoms with van der Waals surface area (Å²) in [5.41, 5.74) is 8.21. The minimum atomic E-state index is -3.57. The number of rotatable bonds is 3. The molecule has 1 fully saturated rings.